The van der Waals surface area contributed by atoms with Gasteiger partial charge in [-0.3, -0.25) is 14.6 Å². The van der Waals surface area contributed by atoms with Crippen molar-refractivity contribution in [3.8, 4) is 0 Å². The quantitative estimate of drug-likeness (QED) is 0.0581. The van der Waals surface area contributed by atoms with Crippen molar-refractivity contribution < 1.29 is 33.7 Å². The summed E-state index contributed by atoms with van der Waals surface area (Å²) in [4.78, 5) is 45.9. The molecule has 260 valence electrons. The van der Waals surface area contributed by atoms with Crippen LogP contribution in [0, 0.1) is 0 Å². The number of alkyl carbamates (subject to hydrolysis) is 1. The van der Waals surface area contributed by atoms with Crippen molar-refractivity contribution in [2.45, 2.75) is 45.6 Å². The summed E-state index contributed by atoms with van der Waals surface area (Å²) >= 11 is 6.10. The van der Waals surface area contributed by atoms with Gasteiger partial charge in [0.2, 0.25) is 5.91 Å². The van der Waals surface area contributed by atoms with Crippen LogP contribution in [-0.2, 0) is 23.8 Å². The van der Waals surface area contributed by atoms with E-state index in [9.17, 15) is 14.4 Å². The minimum absolute atomic E-state index is 0.0436. The van der Waals surface area contributed by atoms with Gasteiger partial charge in [-0.25, -0.2) is 4.79 Å². The third-order valence-corrected chi connectivity index (χ3v) is 7.35. The number of halogens is 1. The zero-order chi connectivity index (χ0) is 34.3. The van der Waals surface area contributed by atoms with Crippen molar-refractivity contribution in [2.75, 3.05) is 84.2 Å². The van der Waals surface area contributed by atoms with E-state index in [2.05, 4.69) is 44.4 Å². The maximum Gasteiger partial charge on any atom is 0.407 e. The van der Waals surface area contributed by atoms with Gasteiger partial charge in [-0.15, -0.1) is 0 Å². The van der Waals surface area contributed by atoms with Crippen molar-refractivity contribution in [1.82, 2.24) is 20.1 Å². The molecule has 1 heterocycles. The van der Waals surface area contributed by atoms with E-state index >= 15 is 0 Å². The van der Waals surface area contributed by atoms with E-state index in [0.29, 0.717) is 18.0 Å². The highest BCUT2D eigenvalue weighted by Crippen LogP contribution is 2.25. The average molecular weight is 679 g/mol. The fourth-order valence-electron chi connectivity index (χ4n) is 4.62. The van der Waals surface area contributed by atoms with Crippen molar-refractivity contribution >= 4 is 46.2 Å². The first kappa shape index (κ1) is 39.3. The molecule has 2 aromatic rings. The molecule has 2 rings (SSSR count). The molecule has 0 saturated carbocycles. The van der Waals surface area contributed by atoms with Crippen molar-refractivity contribution in [2.24, 2.45) is 5.11 Å². The zero-order valence-electron chi connectivity index (χ0n) is 27.2. The summed E-state index contributed by atoms with van der Waals surface area (Å²) in [5.41, 5.74) is 10.2. The Balaban J connectivity index is 1.52. The number of anilines is 1. The third-order valence-electron chi connectivity index (χ3n) is 7.12. The normalized spacial score (nSPS) is 11.6. The number of ether oxygens (including phenoxy) is 3. The highest BCUT2D eigenvalue weighted by atomic mass is 35.5. The molecular weight excluding hydrogens is 632 g/mol. The Morgan fingerprint density at radius 3 is 2.66 bits per heavy atom. The van der Waals surface area contributed by atoms with Gasteiger partial charge < -0.3 is 39.8 Å². The molecule has 1 unspecified atom stereocenters. The molecule has 2 amide bonds. The molecule has 3 N–H and O–H groups in total. The number of hydrogen-bond acceptors (Lipinski definition) is 10. The average Bonchev–Trinajstić information content (AvgIpc) is 3.04. The van der Waals surface area contributed by atoms with Gasteiger partial charge >= 0.3 is 12.1 Å². The van der Waals surface area contributed by atoms with Gasteiger partial charge in [0, 0.05) is 66.0 Å². The molecule has 0 aliphatic rings. The number of nitrogens with one attached hydrogen (secondary N) is 2. The van der Waals surface area contributed by atoms with Crippen LogP contribution in [0.3, 0.4) is 0 Å². The number of likely N-dealkylation sites (N-methyl/N-ethyl adjacent to an activating group) is 1. The highest BCUT2D eigenvalue weighted by Gasteiger charge is 2.15. The number of pyridine rings is 1. The second-order valence-corrected chi connectivity index (χ2v) is 11.1. The molecule has 0 aliphatic carbocycles. The number of carboxylic acids is 1. The van der Waals surface area contributed by atoms with Crippen molar-refractivity contribution in [3.63, 3.8) is 0 Å². The van der Waals surface area contributed by atoms with E-state index in [4.69, 9.17) is 36.4 Å². The number of nitrogens with zero attached hydrogens (tertiary/aromatic N) is 6. The van der Waals surface area contributed by atoms with Crippen molar-refractivity contribution in [3.05, 3.63) is 45.9 Å². The van der Waals surface area contributed by atoms with E-state index in [1.165, 1.54) is 4.90 Å². The van der Waals surface area contributed by atoms with Crippen LogP contribution in [0.25, 0.3) is 21.3 Å². The number of fused-ring (bicyclic) bond motifs is 1. The molecule has 0 radical (unpaired) electrons. The van der Waals surface area contributed by atoms with Gasteiger partial charge in [-0.2, -0.15) is 0 Å². The van der Waals surface area contributed by atoms with Crippen LogP contribution < -0.4 is 10.6 Å². The molecule has 0 fully saturated rings. The fraction of sp³-hybridized carbons (Fsp3) is 0.613. The number of benzene rings is 1. The molecule has 0 spiro atoms. The number of aromatic nitrogens is 1. The first-order chi connectivity index (χ1) is 22.7. The Hall–Kier alpha value is -3.88. The SMILES string of the molecule is CCN(CCCC(C)Nc1ccnc2cc(Cl)ccc12)CCOC(=O)NCCOCCOCC(=O)N(CCCN=[N+]=[N-])CCC(=O)O. The largest absolute Gasteiger partial charge is 0.481 e. The summed E-state index contributed by atoms with van der Waals surface area (Å²) in [6.07, 6.45) is 3.45. The van der Waals surface area contributed by atoms with Crippen molar-refractivity contribution in [1.29, 1.82) is 0 Å². The van der Waals surface area contributed by atoms with E-state index in [0.717, 1.165) is 42.5 Å². The third kappa shape index (κ3) is 17.0. The monoisotopic (exact) mass is 678 g/mol. The molecule has 0 bridgehead atoms. The predicted octanol–water partition coefficient (Wildman–Crippen LogP) is 4.55. The second kappa shape index (κ2) is 23.4. The predicted molar refractivity (Wildman–Crippen MR) is 180 cm³/mol. The van der Waals surface area contributed by atoms with Gasteiger partial charge in [0.25, 0.3) is 0 Å². The lowest BCUT2D eigenvalue weighted by Crippen LogP contribution is -2.37. The van der Waals surface area contributed by atoms with Crippen LogP contribution in [0.15, 0.2) is 35.6 Å². The molecule has 0 saturated heterocycles. The summed E-state index contributed by atoms with van der Waals surface area (Å²) < 4.78 is 16.1. The molecule has 0 aliphatic heterocycles. The molecule has 1 atom stereocenters. The van der Waals surface area contributed by atoms with Crippen LogP contribution in [0.2, 0.25) is 5.02 Å². The smallest absolute Gasteiger partial charge is 0.407 e. The van der Waals surface area contributed by atoms with Crippen LogP contribution >= 0.6 is 11.6 Å². The minimum atomic E-state index is -1.01. The molecule has 15 nitrogen and oxygen atoms in total. The summed E-state index contributed by atoms with van der Waals surface area (Å²) in [6, 6.07) is 7.95. The number of carboxylic acid groups (broad SMARTS) is 1. The van der Waals surface area contributed by atoms with Crippen LogP contribution in [0.1, 0.15) is 39.5 Å². The zero-order valence-corrected chi connectivity index (χ0v) is 28.0. The first-order valence-corrected chi connectivity index (χ1v) is 16.2. The molecule has 16 heteroatoms. The minimum Gasteiger partial charge on any atom is -0.481 e. The number of hydrogen-bond donors (Lipinski definition) is 3. The number of carbonyl (C=O) groups excluding carboxylic acids is 2. The Labute approximate surface area is 280 Å². The molecule has 1 aromatic heterocycles. The Morgan fingerprint density at radius 2 is 1.89 bits per heavy atom. The highest BCUT2D eigenvalue weighted by molar-refractivity contribution is 6.31. The van der Waals surface area contributed by atoms with Crippen LogP contribution in [0.4, 0.5) is 10.5 Å². The summed E-state index contributed by atoms with van der Waals surface area (Å²) in [6.45, 7) is 8.05. The van der Waals surface area contributed by atoms with E-state index < -0.39 is 12.1 Å². The van der Waals surface area contributed by atoms with Crippen LogP contribution in [-0.4, -0.2) is 123 Å². The van der Waals surface area contributed by atoms with Gasteiger partial charge in [0.05, 0.1) is 31.8 Å². The van der Waals surface area contributed by atoms with Gasteiger partial charge in [-0.05, 0) is 69.1 Å². The molecule has 1 aromatic carbocycles. The lowest BCUT2D eigenvalue weighted by molar-refractivity contribution is -0.140. The van der Waals surface area contributed by atoms with Gasteiger partial charge in [0.1, 0.15) is 13.2 Å². The summed E-state index contributed by atoms with van der Waals surface area (Å²) in [5.74, 6) is -1.37. The van der Waals surface area contributed by atoms with Gasteiger partial charge in [0.15, 0.2) is 0 Å². The Bertz CT molecular complexity index is 1300. The molecular formula is C31H47ClN8O7. The number of aliphatic carboxylic acids is 1. The number of rotatable bonds is 25. The fourth-order valence-corrected chi connectivity index (χ4v) is 4.78. The number of amides is 2. The maximum absolute atomic E-state index is 12.4. The first-order valence-electron chi connectivity index (χ1n) is 15.8. The topological polar surface area (TPSA) is 191 Å². The van der Waals surface area contributed by atoms with Crippen LogP contribution in [0.5, 0.6) is 0 Å². The summed E-state index contributed by atoms with van der Waals surface area (Å²) in [5, 5.41) is 20.2. The summed E-state index contributed by atoms with van der Waals surface area (Å²) in [7, 11) is 0. The van der Waals surface area contributed by atoms with E-state index in [1.807, 2.05) is 24.3 Å². The maximum atomic E-state index is 12.4. The lowest BCUT2D eigenvalue weighted by atomic mass is 10.1. The molecule has 47 heavy (non-hydrogen) atoms. The standard InChI is InChI=1S/C31H47ClN8O7/c1-3-39(14-4-6-24(2)37-27-9-12-34-28-22-25(32)7-8-26(27)28)17-19-47-31(44)35-13-18-45-20-21-46-23-29(41)40(16-10-30(42)43)15-5-11-36-38-33/h7-9,12,22,24H,3-6,10-11,13-21,23H2,1-2H3,(H,34,37)(H,35,44)(H,42,43). The lowest BCUT2D eigenvalue weighted by Gasteiger charge is -2.22. The Morgan fingerprint density at radius 1 is 1.09 bits per heavy atom. The van der Waals surface area contributed by atoms with Gasteiger partial charge in [-0.1, -0.05) is 23.6 Å². The van der Waals surface area contributed by atoms with E-state index in [-0.39, 0.29) is 77.6 Å². The second-order valence-electron chi connectivity index (χ2n) is 10.7. The number of carbonyl (C=O) groups is 3. The Kier molecular flexibility index (Phi) is 19.6. The van der Waals surface area contributed by atoms with E-state index in [1.54, 1.807) is 6.20 Å². The number of azide groups is 1.